The molecule has 2 rings (SSSR count). The van der Waals surface area contributed by atoms with Crippen molar-refractivity contribution < 1.29 is 0 Å². The molecule has 0 aromatic heterocycles. The molecule has 94 valence electrons. The Balaban J connectivity index is 2.08. The Hall–Kier alpha value is -0.120. The first-order valence-corrected chi connectivity index (χ1v) is 6.78. The number of hydrogen-bond donors (Lipinski definition) is 1. The van der Waals surface area contributed by atoms with Crippen LogP contribution in [-0.4, -0.2) is 54.1 Å². The fourth-order valence-corrected chi connectivity index (χ4v) is 3.30. The number of nitrogens with two attached hydrogens (primary N) is 1. The van der Waals surface area contributed by atoms with Gasteiger partial charge in [-0.05, 0) is 39.7 Å². The third-order valence-corrected chi connectivity index (χ3v) is 5.11. The summed E-state index contributed by atoms with van der Waals surface area (Å²) in [5, 5.41) is 0. The van der Waals surface area contributed by atoms with Gasteiger partial charge in [0.25, 0.3) is 0 Å². The maximum atomic E-state index is 5.98. The minimum absolute atomic E-state index is 0.214. The van der Waals surface area contributed by atoms with Crippen molar-refractivity contribution in [2.75, 3.05) is 26.7 Å². The summed E-state index contributed by atoms with van der Waals surface area (Å²) in [5.41, 5.74) is 6.19. The Labute approximate surface area is 100.0 Å². The van der Waals surface area contributed by atoms with Gasteiger partial charge in [-0.25, -0.2) is 0 Å². The highest BCUT2D eigenvalue weighted by Gasteiger charge is 2.39. The molecule has 0 aromatic carbocycles. The van der Waals surface area contributed by atoms with Gasteiger partial charge in [-0.2, -0.15) is 0 Å². The zero-order valence-corrected chi connectivity index (χ0v) is 11.1. The minimum Gasteiger partial charge on any atom is -0.329 e. The van der Waals surface area contributed by atoms with Gasteiger partial charge < -0.3 is 5.73 Å². The molecule has 3 atom stereocenters. The maximum Gasteiger partial charge on any atom is 0.0301 e. The van der Waals surface area contributed by atoms with Gasteiger partial charge in [0.2, 0.25) is 0 Å². The number of likely N-dealkylation sites (N-methyl/N-ethyl adjacent to an activating group) is 1. The molecule has 2 aliphatic rings. The number of rotatable bonds is 3. The lowest BCUT2D eigenvalue weighted by Crippen LogP contribution is -2.54. The predicted molar refractivity (Wildman–Crippen MR) is 68.5 cm³/mol. The molecule has 3 nitrogen and oxygen atoms in total. The summed E-state index contributed by atoms with van der Waals surface area (Å²) in [4.78, 5) is 5.25. The summed E-state index contributed by atoms with van der Waals surface area (Å²) in [6.07, 6.45) is 5.26. The lowest BCUT2D eigenvalue weighted by Gasteiger charge is -2.41. The molecule has 2 N–H and O–H groups in total. The van der Waals surface area contributed by atoms with E-state index in [1.54, 1.807) is 0 Å². The Bertz CT molecular complexity index is 237. The second-order valence-electron chi connectivity index (χ2n) is 5.84. The predicted octanol–water partition coefficient (Wildman–Crippen LogP) is 1.28. The van der Waals surface area contributed by atoms with E-state index in [2.05, 4.69) is 30.7 Å². The Morgan fingerprint density at radius 2 is 1.94 bits per heavy atom. The maximum absolute atomic E-state index is 5.98. The molecule has 2 saturated heterocycles. The molecule has 3 heteroatoms. The van der Waals surface area contributed by atoms with Crippen LogP contribution in [0.1, 0.15) is 39.5 Å². The zero-order valence-electron chi connectivity index (χ0n) is 11.1. The van der Waals surface area contributed by atoms with E-state index in [-0.39, 0.29) is 5.54 Å². The fraction of sp³-hybridized carbons (Fsp3) is 1.00. The van der Waals surface area contributed by atoms with Crippen molar-refractivity contribution in [2.24, 2.45) is 5.73 Å². The van der Waals surface area contributed by atoms with Gasteiger partial charge in [0.15, 0.2) is 0 Å². The molecule has 3 unspecified atom stereocenters. The third-order valence-electron chi connectivity index (χ3n) is 5.11. The van der Waals surface area contributed by atoms with Gasteiger partial charge in [-0.3, -0.25) is 9.80 Å². The van der Waals surface area contributed by atoms with Gasteiger partial charge in [-0.1, -0.05) is 6.92 Å². The summed E-state index contributed by atoms with van der Waals surface area (Å²) in [7, 11) is 2.30. The van der Waals surface area contributed by atoms with E-state index in [0.29, 0.717) is 0 Å². The average Bonchev–Trinajstić information content (AvgIpc) is 2.52. The van der Waals surface area contributed by atoms with Crippen LogP contribution in [0.5, 0.6) is 0 Å². The largest absolute Gasteiger partial charge is 0.329 e. The summed E-state index contributed by atoms with van der Waals surface area (Å²) in [5.74, 6) is 0. The Kier molecular flexibility index (Phi) is 3.57. The van der Waals surface area contributed by atoms with Gasteiger partial charge in [-0.15, -0.1) is 0 Å². The van der Waals surface area contributed by atoms with Crippen LogP contribution in [0.3, 0.4) is 0 Å². The lowest BCUT2D eigenvalue weighted by molar-refractivity contribution is 0.0937. The van der Waals surface area contributed by atoms with Gasteiger partial charge in [0, 0.05) is 37.3 Å². The first-order chi connectivity index (χ1) is 7.60. The standard InChI is InChI=1S/C13H27N3/c1-4-13(2,10-14)16-8-7-11-5-6-12(9-16)15(11)3/h11-12H,4-10,14H2,1-3H3. The van der Waals surface area contributed by atoms with E-state index in [0.717, 1.165) is 25.0 Å². The molecule has 2 fully saturated rings. The van der Waals surface area contributed by atoms with Gasteiger partial charge in [0.1, 0.15) is 0 Å². The van der Waals surface area contributed by atoms with Gasteiger partial charge in [0.05, 0.1) is 0 Å². The van der Waals surface area contributed by atoms with Crippen LogP contribution in [0.15, 0.2) is 0 Å². The van der Waals surface area contributed by atoms with Crippen molar-refractivity contribution >= 4 is 0 Å². The second kappa shape index (κ2) is 4.63. The van der Waals surface area contributed by atoms with E-state index >= 15 is 0 Å². The SMILES string of the molecule is CCC(C)(CN)N1CCC2CCC(C1)N2C. The Morgan fingerprint density at radius 3 is 2.56 bits per heavy atom. The smallest absolute Gasteiger partial charge is 0.0301 e. The Morgan fingerprint density at radius 1 is 1.25 bits per heavy atom. The number of likely N-dealkylation sites (tertiary alicyclic amines) is 1. The van der Waals surface area contributed by atoms with Crippen molar-refractivity contribution in [2.45, 2.75) is 57.2 Å². The summed E-state index contributed by atoms with van der Waals surface area (Å²) < 4.78 is 0. The number of fused-ring (bicyclic) bond motifs is 2. The minimum atomic E-state index is 0.214. The van der Waals surface area contributed by atoms with Crippen LogP contribution in [-0.2, 0) is 0 Å². The van der Waals surface area contributed by atoms with Crippen molar-refractivity contribution in [3.05, 3.63) is 0 Å². The number of hydrogen-bond acceptors (Lipinski definition) is 3. The van der Waals surface area contributed by atoms with Crippen LogP contribution in [0.2, 0.25) is 0 Å². The molecule has 2 heterocycles. The van der Waals surface area contributed by atoms with E-state index in [1.165, 1.54) is 32.4 Å². The van der Waals surface area contributed by atoms with Crippen molar-refractivity contribution in [3.63, 3.8) is 0 Å². The first kappa shape index (κ1) is 12.3. The highest BCUT2D eigenvalue weighted by Crippen LogP contribution is 2.31. The summed E-state index contributed by atoms with van der Waals surface area (Å²) in [6, 6.07) is 1.60. The highest BCUT2D eigenvalue weighted by molar-refractivity contribution is 4.96. The van der Waals surface area contributed by atoms with Crippen molar-refractivity contribution in [1.29, 1.82) is 0 Å². The van der Waals surface area contributed by atoms with E-state index in [4.69, 9.17) is 5.73 Å². The molecule has 0 amide bonds. The van der Waals surface area contributed by atoms with Crippen LogP contribution < -0.4 is 5.73 Å². The topological polar surface area (TPSA) is 32.5 Å². The zero-order chi connectivity index (χ0) is 11.8. The average molecular weight is 225 g/mol. The lowest BCUT2D eigenvalue weighted by atomic mass is 9.94. The molecule has 0 saturated carbocycles. The van der Waals surface area contributed by atoms with Crippen LogP contribution in [0, 0.1) is 0 Å². The van der Waals surface area contributed by atoms with Gasteiger partial charge >= 0.3 is 0 Å². The number of nitrogens with zero attached hydrogens (tertiary/aromatic N) is 2. The second-order valence-corrected chi connectivity index (χ2v) is 5.84. The molecule has 2 aliphatic heterocycles. The quantitative estimate of drug-likeness (QED) is 0.785. The van der Waals surface area contributed by atoms with E-state index in [1.807, 2.05) is 0 Å². The first-order valence-electron chi connectivity index (χ1n) is 6.78. The molecule has 16 heavy (non-hydrogen) atoms. The molecule has 0 aromatic rings. The summed E-state index contributed by atoms with van der Waals surface area (Å²) in [6.45, 7) is 7.82. The van der Waals surface area contributed by atoms with Crippen LogP contribution in [0.25, 0.3) is 0 Å². The highest BCUT2D eigenvalue weighted by atomic mass is 15.3. The third kappa shape index (κ3) is 2.01. The molecule has 2 bridgehead atoms. The normalized spacial score (nSPS) is 36.0. The monoisotopic (exact) mass is 225 g/mol. The molecule has 0 aliphatic carbocycles. The van der Waals surface area contributed by atoms with E-state index in [9.17, 15) is 0 Å². The molecular formula is C13H27N3. The molecular weight excluding hydrogens is 198 g/mol. The molecule has 0 spiro atoms. The van der Waals surface area contributed by atoms with Crippen LogP contribution in [0.4, 0.5) is 0 Å². The van der Waals surface area contributed by atoms with Crippen molar-refractivity contribution in [3.8, 4) is 0 Å². The molecule has 0 radical (unpaired) electrons. The van der Waals surface area contributed by atoms with Crippen LogP contribution >= 0.6 is 0 Å². The van der Waals surface area contributed by atoms with Crippen molar-refractivity contribution in [1.82, 2.24) is 9.80 Å². The van der Waals surface area contributed by atoms with E-state index < -0.39 is 0 Å². The summed E-state index contributed by atoms with van der Waals surface area (Å²) >= 11 is 0. The fourth-order valence-electron chi connectivity index (χ4n) is 3.30.